The molecule has 1 fully saturated rings. The number of hydrogen-bond acceptors (Lipinski definition) is 3. The van der Waals surface area contributed by atoms with Gasteiger partial charge in [0, 0.05) is 6.42 Å². The van der Waals surface area contributed by atoms with Gasteiger partial charge in [-0.15, -0.1) is 0 Å². The molecule has 116 valence electrons. The topological polar surface area (TPSA) is 92.4 Å². The van der Waals surface area contributed by atoms with Crippen LogP contribution in [0.25, 0.3) is 0 Å². The van der Waals surface area contributed by atoms with E-state index in [4.69, 9.17) is 5.73 Å². The molecule has 1 atom stereocenters. The number of aliphatic carboxylic acids is 1. The lowest BCUT2D eigenvalue weighted by atomic mass is 9.71. The summed E-state index contributed by atoms with van der Waals surface area (Å²) < 4.78 is 0. The quantitative estimate of drug-likeness (QED) is 0.719. The van der Waals surface area contributed by atoms with Gasteiger partial charge in [0.1, 0.15) is 6.04 Å². The van der Waals surface area contributed by atoms with Gasteiger partial charge in [0.05, 0.1) is 0 Å². The zero-order chi connectivity index (χ0) is 15.4. The van der Waals surface area contributed by atoms with Crippen LogP contribution in [0.4, 0.5) is 0 Å². The molecule has 0 aromatic carbocycles. The van der Waals surface area contributed by atoms with Crippen molar-refractivity contribution in [1.82, 2.24) is 5.32 Å². The van der Waals surface area contributed by atoms with E-state index in [0.717, 1.165) is 25.7 Å². The van der Waals surface area contributed by atoms with E-state index in [-0.39, 0.29) is 11.3 Å². The molecule has 1 rings (SSSR count). The zero-order valence-electron chi connectivity index (χ0n) is 12.9. The van der Waals surface area contributed by atoms with Crippen molar-refractivity contribution >= 4 is 11.9 Å². The van der Waals surface area contributed by atoms with Crippen LogP contribution in [0.2, 0.25) is 0 Å². The van der Waals surface area contributed by atoms with Gasteiger partial charge < -0.3 is 16.2 Å². The minimum atomic E-state index is -0.990. The van der Waals surface area contributed by atoms with Crippen LogP contribution in [0, 0.1) is 10.8 Å². The Labute approximate surface area is 121 Å². The first-order valence-electron chi connectivity index (χ1n) is 7.42. The normalized spacial score (nSPS) is 20.2. The van der Waals surface area contributed by atoms with E-state index in [2.05, 4.69) is 5.32 Å². The molecule has 0 saturated heterocycles. The van der Waals surface area contributed by atoms with Crippen molar-refractivity contribution < 1.29 is 14.7 Å². The molecule has 0 aliphatic heterocycles. The number of hydrogen-bond donors (Lipinski definition) is 3. The second-order valence-electron chi connectivity index (χ2n) is 7.15. The first-order chi connectivity index (χ1) is 9.20. The first kappa shape index (κ1) is 17.0. The lowest BCUT2D eigenvalue weighted by Crippen LogP contribution is -2.50. The number of carboxylic acid groups (broad SMARTS) is 1. The number of nitrogens with two attached hydrogens (primary N) is 1. The van der Waals surface area contributed by atoms with E-state index in [0.29, 0.717) is 13.0 Å². The molecule has 0 radical (unpaired) electrons. The minimum absolute atomic E-state index is 0.136. The maximum Gasteiger partial charge on any atom is 0.326 e. The van der Waals surface area contributed by atoms with Crippen molar-refractivity contribution in [2.75, 3.05) is 6.54 Å². The van der Waals surface area contributed by atoms with Gasteiger partial charge in [-0.25, -0.2) is 4.79 Å². The van der Waals surface area contributed by atoms with Gasteiger partial charge in [-0.1, -0.05) is 40.0 Å². The molecule has 0 bridgehead atoms. The van der Waals surface area contributed by atoms with Gasteiger partial charge in [-0.2, -0.15) is 0 Å². The summed E-state index contributed by atoms with van der Waals surface area (Å²) in [5.41, 5.74) is 5.22. The van der Waals surface area contributed by atoms with Gasteiger partial charge in [0.2, 0.25) is 5.91 Å². The highest BCUT2D eigenvalue weighted by molar-refractivity contribution is 5.84. The highest BCUT2D eigenvalue weighted by atomic mass is 16.4. The van der Waals surface area contributed by atoms with Crippen molar-refractivity contribution in [2.24, 2.45) is 16.6 Å². The Morgan fingerprint density at radius 1 is 1.25 bits per heavy atom. The number of carboxylic acids is 1. The van der Waals surface area contributed by atoms with Gasteiger partial charge in [0.15, 0.2) is 0 Å². The number of amides is 1. The van der Waals surface area contributed by atoms with Crippen molar-refractivity contribution in [3.8, 4) is 0 Å². The molecule has 1 aliphatic carbocycles. The molecule has 0 unspecified atom stereocenters. The van der Waals surface area contributed by atoms with Gasteiger partial charge in [-0.05, 0) is 30.2 Å². The molecule has 1 amide bonds. The third-order valence-corrected chi connectivity index (χ3v) is 4.30. The number of rotatable bonds is 5. The fourth-order valence-electron chi connectivity index (χ4n) is 2.96. The van der Waals surface area contributed by atoms with Crippen LogP contribution in [0.15, 0.2) is 0 Å². The lowest BCUT2D eigenvalue weighted by molar-refractivity contribution is -0.145. The molecule has 0 heterocycles. The molecule has 0 aromatic heterocycles. The maximum absolute atomic E-state index is 12.2. The molecule has 0 spiro atoms. The van der Waals surface area contributed by atoms with Crippen LogP contribution >= 0.6 is 0 Å². The maximum atomic E-state index is 12.2. The Balaban J connectivity index is 2.67. The SMILES string of the molecule is CC(C)(C)[C@@H](NC(=O)CC1(CN)CCCCC1)C(=O)O. The highest BCUT2D eigenvalue weighted by Crippen LogP contribution is 2.38. The van der Waals surface area contributed by atoms with Crippen molar-refractivity contribution in [3.05, 3.63) is 0 Å². The Morgan fingerprint density at radius 2 is 1.80 bits per heavy atom. The van der Waals surface area contributed by atoms with Gasteiger partial charge in [-0.3, -0.25) is 4.79 Å². The summed E-state index contributed by atoms with van der Waals surface area (Å²) >= 11 is 0. The number of carbonyl (C=O) groups excluding carboxylic acids is 1. The average Bonchev–Trinajstić information content (AvgIpc) is 2.35. The van der Waals surface area contributed by atoms with Gasteiger partial charge in [0.25, 0.3) is 0 Å². The summed E-state index contributed by atoms with van der Waals surface area (Å²) in [4.78, 5) is 23.5. The Hall–Kier alpha value is -1.10. The second-order valence-corrected chi connectivity index (χ2v) is 7.15. The summed E-state index contributed by atoms with van der Waals surface area (Å²) in [6.07, 6.45) is 5.67. The van der Waals surface area contributed by atoms with Crippen molar-refractivity contribution in [2.45, 2.75) is 65.3 Å². The molecule has 4 N–H and O–H groups in total. The number of carbonyl (C=O) groups is 2. The van der Waals surface area contributed by atoms with E-state index in [1.807, 2.05) is 20.8 Å². The van der Waals surface area contributed by atoms with E-state index in [9.17, 15) is 14.7 Å². The van der Waals surface area contributed by atoms with E-state index in [1.165, 1.54) is 6.42 Å². The largest absolute Gasteiger partial charge is 0.480 e. The molecule has 20 heavy (non-hydrogen) atoms. The summed E-state index contributed by atoms with van der Waals surface area (Å²) in [5.74, 6) is -1.18. The summed E-state index contributed by atoms with van der Waals surface area (Å²) in [7, 11) is 0. The summed E-state index contributed by atoms with van der Waals surface area (Å²) in [6, 6.07) is -0.867. The van der Waals surface area contributed by atoms with Crippen LogP contribution in [0.5, 0.6) is 0 Å². The van der Waals surface area contributed by atoms with Crippen LogP contribution in [-0.4, -0.2) is 29.6 Å². The molecule has 0 aromatic rings. The van der Waals surface area contributed by atoms with Crippen molar-refractivity contribution in [1.29, 1.82) is 0 Å². The predicted octanol–water partition coefficient (Wildman–Crippen LogP) is 1.90. The summed E-state index contributed by atoms with van der Waals surface area (Å²) in [6.45, 7) is 5.93. The molecular formula is C15H28N2O3. The standard InChI is InChI=1S/C15H28N2O3/c1-14(2,3)12(13(19)20)17-11(18)9-15(10-16)7-5-4-6-8-15/h12H,4-10,16H2,1-3H3,(H,17,18)(H,19,20)/t12-/m0/s1. The van der Waals surface area contributed by atoms with Crippen LogP contribution < -0.4 is 11.1 Å². The van der Waals surface area contributed by atoms with Crippen LogP contribution in [-0.2, 0) is 9.59 Å². The van der Waals surface area contributed by atoms with E-state index < -0.39 is 17.4 Å². The van der Waals surface area contributed by atoms with Crippen LogP contribution in [0.1, 0.15) is 59.3 Å². The fourth-order valence-corrected chi connectivity index (χ4v) is 2.96. The molecule has 5 heteroatoms. The van der Waals surface area contributed by atoms with E-state index >= 15 is 0 Å². The smallest absolute Gasteiger partial charge is 0.326 e. The third-order valence-electron chi connectivity index (χ3n) is 4.30. The molecular weight excluding hydrogens is 256 g/mol. The molecule has 1 aliphatic rings. The minimum Gasteiger partial charge on any atom is -0.480 e. The number of nitrogens with one attached hydrogen (secondary N) is 1. The summed E-state index contributed by atoms with van der Waals surface area (Å²) in [5, 5.41) is 11.9. The Morgan fingerprint density at radius 3 is 2.20 bits per heavy atom. The van der Waals surface area contributed by atoms with Gasteiger partial charge >= 0.3 is 5.97 Å². The first-order valence-corrected chi connectivity index (χ1v) is 7.42. The van der Waals surface area contributed by atoms with E-state index in [1.54, 1.807) is 0 Å². The molecule has 5 nitrogen and oxygen atoms in total. The van der Waals surface area contributed by atoms with Crippen LogP contribution in [0.3, 0.4) is 0 Å². The van der Waals surface area contributed by atoms with Crippen molar-refractivity contribution in [3.63, 3.8) is 0 Å². The monoisotopic (exact) mass is 284 g/mol. The third kappa shape index (κ3) is 4.47. The second kappa shape index (κ2) is 6.57. The Bertz CT molecular complexity index is 355. The fraction of sp³-hybridized carbons (Fsp3) is 0.867. The average molecular weight is 284 g/mol. The highest BCUT2D eigenvalue weighted by Gasteiger charge is 2.36. The molecule has 1 saturated carbocycles. The lowest BCUT2D eigenvalue weighted by Gasteiger charge is -2.36. The predicted molar refractivity (Wildman–Crippen MR) is 78.2 cm³/mol. The Kier molecular flexibility index (Phi) is 5.57. The zero-order valence-corrected chi connectivity index (χ0v) is 12.9.